The Morgan fingerprint density at radius 3 is 2.65 bits per heavy atom. The molecule has 0 amide bonds. The molecule has 0 saturated heterocycles. The number of aromatic amines is 1. The van der Waals surface area contributed by atoms with Gasteiger partial charge in [0.05, 0.1) is 6.54 Å². The first-order valence-corrected chi connectivity index (χ1v) is 8.26. The van der Waals surface area contributed by atoms with Gasteiger partial charge in [-0.3, -0.25) is 4.99 Å². The van der Waals surface area contributed by atoms with Gasteiger partial charge in [0.25, 0.3) is 0 Å². The minimum absolute atomic E-state index is 0. The fraction of sp³-hybridized carbons (Fsp3) is 0.500. The van der Waals surface area contributed by atoms with Crippen LogP contribution >= 0.6 is 24.0 Å². The van der Waals surface area contributed by atoms with E-state index in [0.717, 1.165) is 19.0 Å². The molecule has 1 aliphatic rings. The molecule has 1 heterocycles. The summed E-state index contributed by atoms with van der Waals surface area (Å²) in [5.41, 5.74) is 2.86. The molecule has 5 heteroatoms. The van der Waals surface area contributed by atoms with Crippen molar-refractivity contribution in [3.63, 3.8) is 0 Å². The number of hydrogen-bond donors (Lipinski definition) is 3. The monoisotopic (exact) mass is 426 g/mol. The first-order valence-electron chi connectivity index (χ1n) is 8.26. The van der Waals surface area contributed by atoms with E-state index in [1.165, 1.54) is 42.3 Å². The van der Waals surface area contributed by atoms with Gasteiger partial charge in [-0.1, -0.05) is 31.5 Å². The highest BCUT2D eigenvalue weighted by Gasteiger charge is 2.34. The minimum atomic E-state index is 0. The van der Waals surface area contributed by atoms with Crippen LogP contribution in [-0.4, -0.2) is 24.5 Å². The van der Waals surface area contributed by atoms with Crippen molar-refractivity contribution in [2.24, 2.45) is 10.4 Å². The lowest BCUT2D eigenvalue weighted by molar-refractivity contribution is 0.131. The molecule has 1 aliphatic carbocycles. The maximum Gasteiger partial charge on any atom is 0.191 e. The molecule has 0 spiro atoms. The number of nitrogens with one attached hydrogen (secondary N) is 3. The van der Waals surface area contributed by atoms with E-state index < -0.39 is 0 Å². The maximum atomic E-state index is 4.33. The smallest absolute Gasteiger partial charge is 0.191 e. The van der Waals surface area contributed by atoms with Gasteiger partial charge < -0.3 is 15.6 Å². The number of rotatable bonds is 5. The molecule has 1 aromatic carbocycles. The van der Waals surface area contributed by atoms with E-state index in [0.29, 0.717) is 5.41 Å². The van der Waals surface area contributed by atoms with Crippen LogP contribution in [-0.2, 0) is 6.54 Å². The predicted molar refractivity (Wildman–Crippen MR) is 108 cm³/mol. The molecule has 0 bridgehead atoms. The number of fused-ring (bicyclic) bond motifs is 1. The third-order valence-electron chi connectivity index (χ3n) is 5.05. The normalized spacial score (nSPS) is 16.5. The van der Waals surface area contributed by atoms with Crippen LogP contribution in [0.5, 0.6) is 0 Å². The molecule has 4 nitrogen and oxygen atoms in total. The lowest BCUT2D eigenvalue weighted by Crippen LogP contribution is -2.46. The molecule has 0 radical (unpaired) electrons. The number of H-pyrrole nitrogens is 1. The molecule has 1 fully saturated rings. The summed E-state index contributed by atoms with van der Waals surface area (Å²) < 4.78 is 0. The molecular weight excluding hydrogens is 399 g/mol. The highest BCUT2D eigenvalue weighted by Crippen LogP contribution is 2.42. The van der Waals surface area contributed by atoms with Crippen molar-refractivity contribution in [3.8, 4) is 0 Å². The van der Waals surface area contributed by atoms with Gasteiger partial charge in [0.1, 0.15) is 0 Å². The van der Waals surface area contributed by atoms with Crippen molar-refractivity contribution in [3.05, 3.63) is 36.0 Å². The topological polar surface area (TPSA) is 52.2 Å². The second-order valence-corrected chi connectivity index (χ2v) is 6.37. The lowest BCUT2D eigenvalue weighted by atomic mass is 9.67. The van der Waals surface area contributed by atoms with Gasteiger partial charge in [0.2, 0.25) is 0 Å². The predicted octanol–water partition coefficient (Wildman–Crippen LogP) is 4.03. The van der Waals surface area contributed by atoms with E-state index in [-0.39, 0.29) is 24.0 Å². The van der Waals surface area contributed by atoms with Crippen LogP contribution in [0.3, 0.4) is 0 Å². The zero-order chi connectivity index (χ0) is 15.4. The Bertz CT molecular complexity index is 619. The van der Waals surface area contributed by atoms with E-state index in [1.54, 1.807) is 0 Å². The van der Waals surface area contributed by atoms with Gasteiger partial charge in [0, 0.05) is 24.8 Å². The second kappa shape index (κ2) is 8.04. The molecule has 0 aliphatic heterocycles. The number of aliphatic imine (C=N–C) groups is 1. The Hall–Kier alpha value is -1.24. The third-order valence-corrected chi connectivity index (χ3v) is 5.05. The molecule has 1 aromatic heterocycles. The summed E-state index contributed by atoms with van der Waals surface area (Å²) in [6.07, 6.45) is 5.31. The van der Waals surface area contributed by atoms with Crippen LogP contribution in [0.25, 0.3) is 10.9 Å². The summed E-state index contributed by atoms with van der Waals surface area (Å²) in [6, 6.07) is 10.5. The number of nitrogens with zero attached hydrogens (tertiary/aromatic N) is 1. The van der Waals surface area contributed by atoms with Gasteiger partial charge in [-0.15, -0.1) is 24.0 Å². The number of guanidine groups is 1. The Morgan fingerprint density at radius 2 is 2.04 bits per heavy atom. The average molecular weight is 426 g/mol. The minimum Gasteiger partial charge on any atom is -0.357 e. The largest absolute Gasteiger partial charge is 0.357 e. The Morgan fingerprint density at radius 1 is 1.26 bits per heavy atom. The molecule has 1 saturated carbocycles. The van der Waals surface area contributed by atoms with E-state index >= 15 is 0 Å². The van der Waals surface area contributed by atoms with Crippen molar-refractivity contribution in [2.75, 3.05) is 13.6 Å². The number of para-hydroxylation sites is 1. The van der Waals surface area contributed by atoms with Crippen molar-refractivity contribution in [1.82, 2.24) is 15.6 Å². The van der Waals surface area contributed by atoms with Crippen molar-refractivity contribution in [1.29, 1.82) is 0 Å². The van der Waals surface area contributed by atoms with Crippen LogP contribution in [0.1, 0.15) is 38.3 Å². The van der Waals surface area contributed by atoms with Gasteiger partial charge in [-0.2, -0.15) is 0 Å². The number of halogens is 1. The fourth-order valence-corrected chi connectivity index (χ4v) is 3.23. The highest BCUT2D eigenvalue weighted by molar-refractivity contribution is 14.0. The van der Waals surface area contributed by atoms with E-state index in [4.69, 9.17) is 0 Å². The van der Waals surface area contributed by atoms with Crippen molar-refractivity contribution >= 4 is 40.8 Å². The van der Waals surface area contributed by atoms with Gasteiger partial charge in [0.15, 0.2) is 5.96 Å². The average Bonchev–Trinajstić information content (AvgIpc) is 2.92. The molecule has 2 aromatic rings. The van der Waals surface area contributed by atoms with Crippen LogP contribution in [0, 0.1) is 5.41 Å². The van der Waals surface area contributed by atoms with Crippen LogP contribution in [0.2, 0.25) is 0 Å². The molecular formula is C18H27IN4. The SMILES string of the molecule is CCC1(CNC(=NC)NCc2cc3ccccc3[nH]2)CCC1.I. The molecule has 126 valence electrons. The van der Waals surface area contributed by atoms with Crippen molar-refractivity contribution < 1.29 is 0 Å². The van der Waals surface area contributed by atoms with E-state index in [2.05, 4.69) is 57.9 Å². The first kappa shape index (κ1) is 18.1. The summed E-state index contributed by atoms with van der Waals surface area (Å²) >= 11 is 0. The standard InChI is InChI=1S/C18H26N4.HI/c1-3-18(9-6-10-18)13-21-17(19-2)20-12-15-11-14-7-4-5-8-16(14)22-15;/h4-5,7-8,11,22H,3,6,9-10,12-13H2,1-2H3,(H2,19,20,21);1H. The summed E-state index contributed by atoms with van der Waals surface area (Å²) in [5, 5.41) is 8.14. The Balaban J connectivity index is 0.00000192. The molecule has 0 unspecified atom stereocenters. The van der Waals surface area contributed by atoms with Crippen molar-refractivity contribution in [2.45, 2.75) is 39.2 Å². The summed E-state index contributed by atoms with van der Waals surface area (Å²) in [7, 11) is 1.83. The number of hydrogen-bond acceptors (Lipinski definition) is 1. The quantitative estimate of drug-likeness (QED) is 0.384. The molecule has 3 rings (SSSR count). The number of aromatic nitrogens is 1. The van der Waals surface area contributed by atoms with Crippen LogP contribution in [0.15, 0.2) is 35.3 Å². The molecule has 3 N–H and O–H groups in total. The van der Waals surface area contributed by atoms with Gasteiger partial charge >= 0.3 is 0 Å². The number of benzene rings is 1. The zero-order valence-electron chi connectivity index (χ0n) is 14.0. The maximum absolute atomic E-state index is 4.33. The summed E-state index contributed by atoms with van der Waals surface area (Å²) in [4.78, 5) is 7.77. The van der Waals surface area contributed by atoms with Gasteiger partial charge in [-0.05, 0) is 42.2 Å². The summed E-state index contributed by atoms with van der Waals surface area (Å²) in [6.45, 7) is 4.07. The summed E-state index contributed by atoms with van der Waals surface area (Å²) in [5.74, 6) is 0.887. The van der Waals surface area contributed by atoms with Crippen LogP contribution in [0.4, 0.5) is 0 Å². The van der Waals surface area contributed by atoms with E-state index in [9.17, 15) is 0 Å². The third kappa shape index (κ3) is 4.19. The Kier molecular flexibility index (Phi) is 6.33. The Labute approximate surface area is 155 Å². The van der Waals surface area contributed by atoms with E-state index in [1.807, 2.05) is 7.05 Å². The molecule has 0 atom stereocenters. The van der Waals surface area contributed by atoms with Crippen LogP contribution < -0.4 is 10.6 Å². The lowest BCUT2D eigenvalue weighted by Gasteiger charge is -2.41. The fourth-order valence-electron chi connectivity index (χ4n) is 3.23. The molecule has 23 heavy (non-hydrogen) atoms. The first-order chi connectivity index (χ1) is 10.7. The van der Waals surface area contributed by atoms with Gasteiger partial charge in [-0.25, -0.2) is 0 Å². The zero-order valence-corrected chi connectivity index (χ0v) is 16.3. The highest BCUT2D eigenvalue weighted by atomic mass is 127. The second-order valence-electron chi connectivity index (χ2n) is 6.37.